The summed E-state index contributed by atoms with van der Waals surface area (Å²) >= 11 is 11.8. The summed E-state index contributed by atoms with van der Waals surface area (Å²) in [5, 5.41) is 1.16. The van der Waals surface area contributed by atoms with Crippen LogP contribution in [0, 0.1) is 47.3 Å². The Morgan fingerprint density at radius 3 is 1.38 bits per heavy atom. The maximum absolute atomic E-state index is 12.2. The van der Waals surface area contributed by atoms with E-state index >= 15 is 0 Å². The predicted molar refractivity (Wildman–Crippen MR) is 252 cm³/mol. The average Bonchev–Trinajstić information content (AvgIpc) is 4.18. The third-order valence-corrected chi connectivity index (χ3v) is 15.4. The monoisotopic (exact) mass is 938 g/mol. The van der Waals surface area contributed by atoms with Gasteiger partial charge in [-0.05, 0) is 132 Å². The van der Waals surface area contributed by atoms with Gasteiger partial charge in [0.25, 0.3) is 0 Å². The van der Waals surface area contributed by atoms with Crippen molar-refractivity contribution in [2.75, 3.05) is 94.8 Å². The molecule has 0 aromatic carbocycles. The molecule has 17 heteroatoms. The van der Waals surface area contributed by atoms with E-state index in [9.17, 15) is 13.2 Å². The second-order valence-corrected chi connectivity index (χ2v) is 22.3. The maximum Gasteiger partial charge on any atom is 0.410 e. The minimum absolute atomic E-state index is 0. The molecule has 63 heavy (non-hydrogen) atoms. The zero-order valence-corrected chi connectivity index (χ0v) is 39.0. The molecule has 0 unspecified atom stereocenters. The molecule has 14 nitrogen and oxygen atoms in total. The number of sulfonamides is 1. The fraction of sp³-hybridized carbons (Fsp3) is 0.804. The van der Waals surface area contributed by atoms with Gasteiger partial charge in [0.05, 0.1) is 41.1 Å². The van der Waals surface area contributed by atoms with Gasteiger partial charge in [-0.25, -0.2) is 37.5 Å². The zero-order chi connectivity index (χ0) is 43.1. The summed E-state index contributed by atoms with van der Waals surface area (Å²) in [7, 11) is -3.04. The van der Waals surface area contributed by atoms with E-state index in [1.807, 2.05) is 25.7 Å². The second kappa shape index (κ2) is 23.3. The number of aromatic nitrogens is 4. The average molecular weight is 940 g/mol. The molecule has 6 aliphatic rings. The predicted octanol–water partition coefficient (Wildman–Crippen LogP) is 8.59. The lowest BCUT2D eigenvalue weighted by atomic mass is 9.91. The van der Waals surface area contributed by atoms with Crippen molar-refractivity contribution in [2.45, 2.75) is 105 Å². The van der Waals surface area contributed by atoms with Crippen molar-refractivity contribution in [2.24, 2.45) is 47.3 Å². The molecule has 6 heterocycles. The van der Waals surface area contributed by atoms with Gasteiger partial charge in [-0.15, -0.1) is 0 Å². The molecule has 4 atom stereocenters. The first kappa shape index (κ1) is 51.4. The Hall–Kier alpha value is -2.56. The first-order chi connectivity index (χ1) is 29.2. The molecular weight excluding hydrogens is 864 g/mol. The highest BCUT2D eigenvalue weighted by atomic mass is 35.5. The Bertz CT molecular complexity index is 1790. The number of amides is 1. The van der Waals surface area contributed by atoms with Crippen molar-refractivity contribution in [3.63, 3.8) is 0 Å². The second-order valence-electron chi connectivity index (χ2n) is 19.5. The van der Waals surface area contributed by atoms with Crippen LogP contribution in [0.3, 0.4) is 0 Å². The molecule has 0 N–H and O–H groups in total. The van der Waals surface area contributed by atoms with Crippen LogP contribution in [0.5, 0.6) is 0 Å². The van der Waals surface area contributed by atoms with Gasteiger partial charge in [-0.2, -0.15) is 0 Å². The quantitative estimate of drug-likeness (QED) is 0.190. The van der Waals surface area contributed by atoms with E-state index in [2.05, 4.69) is 29.7 Å². The van der Waals surface area contributed by atoms with Crippen molar-refractivity contribution >= 4 is 51.2 Å². The molecule has 0 spiro atoms. The van der Waals surface area contributed by atoms with Crippen LogP contribution in [0.25, 0.3) is 0 Å². The number of rotatable bonds is 13. The molecule has 0 radical (unpaired) electrons. The standard InChI is InChI=1S/C24H37ClN4O3.C20H31ClN4O3S.2CH4/c1-24(2,3)32-23(30)29-8-4-17(5-9-29)15-31-16-19-12-21(19)18-6-10-28(11-7-18)22-26-13-20(25)14-27-22;1-29(26,27)25-8-2-15(3-9-25)13-28-14-17-10-19(17)16-4-6-24(7-5-16)20-22-11-18(21)12-23-20;;/h13-14,17-19,21H,4-12,15-16H2,1-3H3;11-12,15-17,19H,2-10,13-14H2,1H3;2*1H4/t19-,21+;17-,19+;;/m00../s1. The minimum Gasteiger partial charge on any atom is -0.444 e. The number of carbonyl (C=O) groups excluding carboxylic acids is 1. The minimum atomic E-state index is -3.04. The SMILES string of the molecule is C.C.CC(C)(C)OC(=O)N1CCC(COC[C@@H]2C[C@@H]2C2CCN(c3ncc(Cl)cn3)CC2)CC1.CS(=O)(=O)N1CCC(COC[C@@H]2C[C@@H]2C2CCN(c3ncc(Cl)cn3)CC2)CC1. The Labute approximate surface area is 388 Å². The van der Waals surface area contributed by atoms with Crippen LogP contribution in [0.2, 0.25) is 10.0 Å². The molecule has 2 saturated carbocycles. The molecule has 4 aliphatic heterocycles. The largest absolute Gasteiger partial charge is 0.444 e. The molecule has 6 fully saturated rings. The van der Waals surface area contributed by atoms with Crippen LogP contribution in [-0.4, -0.2) is 134 Å². The number of anilines is 2. The van der Waals surface area contributed by atoms with Crippen LogP contribution in [-0.2, 0) is 24.2 Å². The van der Waals surface area contributed by atoms with Gasteiger partial charge in [-0.1, -0.05) is 38.1 Å². The third-order valence-electron chi connectivity index (χ3n) is 13.7. The lowest BCUT2D eigenvalue weighted by Crippen LogP contribution is -2.42. The molecule has 2 aromatic heterocycles. The van der Waals surface area contributed by atoms with Gasteiger partial charge < -0.3 is 28.9 Å². The Kier molecular flexibility index (Phi) is 19.0. The van der Waals surface area contributed by atoms with E-state index in [1.54, 1.807) is 29.1 Å². The van der Waals surface area contributed by atoms with E-state index in [0.717, 1.165) is 133 Å². The Morgan fingerprint density at radius 1 is 0.635 bits per heavy atom. The molecule has 2 aliphatic carbocycles. The number of ether oxygens (including phenoxy) is 3. The molecule has 0 bridgehead atoms. The summed E-state index contributed by atoms with van der Waals surface area (Å²) in [6.07, 6.45) is 19.0. The van der Waals surface area contributed by atoms with E-state index in [4.69, 9.17) is 37.4 Å². The summed E-state index contributed by atoms with van der Waals surface area (Å²) in [4.78, 5) is 35.9. The fourth-order valence-electron chi connectivity index (χ4n) is 9.86. The van der Waals surface area contributed by atoms with Crippen LogP contribution < -0.4 is 9.80 Å². The summed E-state index contributed by atoms with van der Waals surface area (Å²) in [6, 6.07) is 0. The highest BCUT2D eigenvalue weighted by Gasteiger charge is 2.45. The van der Waals surface area contributed by atoms with Crippen LogP contribution in [0.1, 0.15) is 99.8 Å². The van der Waals surface area contributed by atoms with E-state index < -0.39 is 15.6 Å². The maximum atomic E-state index is 12.2. The number of nitrogens with zero attached hydrogens (tertiary/aromatic N) is 8. The third kappa shape index (κ3) is 15.5. The van der Waals surface area contributed by atoms with Gasteiger partial charge in [0, 0.05) is 78.8 Å². The molecular formula is C46H76Cl2N8O6S. The van der Waals surface area contributed by atoms with Crippen LogP contribution in [0.4, 0.5) is 16.7 Å². The van der Waals surface area contributed by atoms with Crippen LogP contribution in [0.15, 0.2) is 24.8 Å². The van der Waals surface area contributed by atoms with Gasteiger partial charge in [0.1, 0.15) is 5.60 Å². The number of halogens is 2. The first-order valence-corrected chi connectivity index (χ1v) is 25.3. The van der Waals surface area contributed by atoms with Gasteiger partial charge in [0.2, 0.25) is 21.9 Å². The summed E-state index contributed by atoms with van der Waals surface area (Å²) in [6.45, 7) is 15.9. The van der Waals surface area contributed by atoms with Crippen molar-refractivity contribution in [1.29, 1.82) is 0 Å². The Balaban J connectivity index is 0.000000231. The fourth-order valence-corrected chi connectivity index (χ4v) is 10.9. The molecule has 356 valence electrons. The Morgan fingerprint density at radius 2 is 1.02 bits per heavy atom. The number of hydrogen-bond acceptors (Lipinski definition) is 12. The van der Waals surface area contributed by atoms with E-state index in [1.165, 1.54) is 44.8 Å². The summed E-state index contributed by atoms with van der Waals surface area (Å²) < 4.78 is 42.4. The zero-order valence-electron chi connectivity index (χ0n) is 36.7. The molecule has 1 amide bonds. The van der Waals surface area contributed by atoms with E-state index in [-0.39, 0.29) is 20.9 Å². The molecule has 4 saturated heterocycles. The van der Waals surface area contributed by atoms with Crippen molar-refractivity contribution in [3.05, 3.63) is 34.8 Å². The topological polar surface area (TPSA) is 143 Å². The van der Waals surface area contributed by atoms with Crippen molar-refractivity contribution in [1.82, 2.24) is 29.1 Å². The van der Waals surface area contributed by atoms with E-state index in [0.29, 0.717) is 40.9 Å². The summed E-state index contributed by atoms with van der Waals surface area (Å²) in [5.41, 5.74) is -0.432. The van der Waals surface area contributed by atoms with Crippen molar-refractivity contribution in [3.8, 4) is 0 Å². The van der Waals surface area contributed by atoms with Gasteiger partial charge >= 0.3 is 6.09 Å². The lowest BCUT2D eigenvalue weighted by molar-refractivity contribution is 0.0107. The highest BCUT2D eigenvalue weighted by Crippen LogP contribution is 2.49. The number of piperidine rings is 4. The van der Waals surface area contributed by atoms with Gasteiger partial charge in [-0.3, -0.25) is 0 Å². The molecule has 2 aromatic rings. The number of carbonyl (C=O) groups is 1. The smallest absolute Gasteiger partial charge is 0.410 e. The first-order valence-electron chi connectivity index (χ1n) is 22.7. The normalized spacial score (nSPS) is 25.3. The van der Waals surface area contributed by atoms with Gasteiger partial charge in [0.15, 0.2) is 0 Å². The number of hydrogen-bond donors (Lipinski definition) is 0. The highest BCUT2D eigenvalue weighted by molar-refractivity contribution is 7.88. The summed E-state index contributed by atoms with van der Waals surface area (Å²) in [5.74, 6) is 7.24. The van der Waals surface area contributed by atoms with Crippen molar-refractivity contribution < 1.29 is 27.4 Å². The number of likely N-dealkylation sites (tertiary alicyclic amines) is 1. The lowest BCUT2D eigenvalue weighted by Gasteiger charge is -2.33. The van der Waals surface area contributed by atoms with Crippen LogP contribution >= 0.6 is 23.2 Å². The molecule has 8 rings (SSSR count).